The van der Waals surface area contributed by atoms with E-state index in [-0.39, 0.29) is 12.0 Å². The number of ether oxygens (including phenoxy) is 2. The second-order valence-corrected chi connectivity index (χ2v) is 6.12. The molecule has 0 saturated carbocycles. The smallest absolute Gasteiger partial charge is 0.224 e. The summed E-state index contributed by atoms with van der Waals surface area (Å²) in [5.41, 5.74) is 0.684. The van der Waals surface area contributed by atoms with Crippen LogP contribution in [0.25, 0.3) is 0 Å². The lowest BCUT2D eigenvalue weighted by atomic mass is 10.1. The standard InChI is InChI=1S/C15H19BrClNO3/c16-12-3-1-4-13(21-11-6-9-20-10-7-11)15(12)18-14(19)5-2-8-17/h1,3-4,11H,2,5-10H2,(H,18,19). The maximum atomic E-state index is 11.9. The quantitative estimate of drug-likeness (QED) is 0.764. The molecule has 116 valence electrons. The summed E-state index contributed by atoms with van der Waals surface area (Å²) in [6.45, 7) is 1.44. The zero-order valence-corrected chi connectivity index (χ0v) is 14.1. The first-order chi connectivity index (χ1) is 10.2. The molecule has 1 N–H and O–H groups in total. The van der Waals surface area contributed by atoms with Crippen molar-refractivity contribution in [2.75, 3.05) is 24.4 Å². The Balaban J connectivity index is 2.06. The van der Waals surface area contributed by atoms with E-state index in [2.05, 4.69) is 21.2 Å². The van der Waals surface area contributed by atoms with Gasteiger partial charge in [-0.25, -0.2) is 0 Å². The summed E-state index contributed by atoms with van der Waals surface area (Å²) in [5.74, 6) is 1.12. The SMILES string of the molecule is O=C(CCCCl)Nc1c(Br)cccc1OC1CCOCC1. The molecule has 4 nitrogen and oxygen atoms in total. The van der Waals surface area contributed by atoms with Gasteiger partial charge >= 0.3 is 0 Å². The van der Waals surface area contributed by atoms with Gasteiger partial charge in [0.1, 0.15) is 11.9 Å². The summed E-state index contributed by atoms with van der Waals surface area (Å²) in [6, 6.07) is 5.65. The summed E-state index contributed by atoms with van der Waals surface area (Å²) in [5, 5.41) is 2.90. The normalized spacial score (nSPS) is 15.7. The minimum Gasteiger partial charge on any atom is -0.488 e. The van der Waals surface area contributed by atoms with Gasteiger partial charge in [-0.3, -0.25) is 4.79 Å². The maximum absolute atomic E-state index is 11.9. The monoisotopic (exact) mass is 375 g/mol. The molecule has 1 aromatic carbocycles. The van der Waals surface area contributed by atoms with E-state index in [0.29, 0.717) is 30.2 Å². The molecule has 1 amide bonds. The number of amides is 1. The van der Waals surface area contributed by atoms with Gasteiger partial charge in [0.25, 0.3) is 0 Å². The Morgan fingerprint density at radius 2 is 2.19 bits per heavy atom. The van der Waals surface area contributed by atoms with Crippen molar-refractivity contribution in [2.45, 2.75) is 31.8 Å². The molecule has 0 radical (unpaired) electrons. The molecular weight excluding hydrogens is 358 g/mol. The van der Waals surface area contributed by atoms with Crippen LogP contribution in [0.3, 0.4) is 0 Å². The van der Waals surface area contributed by atoms with Gasteiger partial charge in [0, 0.05) is 29.6 Å². The molecular formula is C15H19BrClNO3. The lowest BCUT2D eigenvalue weighted by molar-refractivity contribution is -0.116. The number of benzene rings is 1. The Bertz CT molecular complexity index is 478. The highest BCUT2D eigenvalue weighted by Gasteiger charge is 2.18. The fourth-order valence-electron chi connectivity index (χ4n) is 2.13. The highest BCUT2D eigenvalue weighted by atomic mass is 79.9. The average molecular weight is 377 g/mol. The fourth-order valence-corrected chi connectivity index (χ4v) is 2.71. The van der Waals surface area contributed by atoms with E-state index in [1.807, 2.05) is 18.2 Å². The summed E-state index contributed by atoms with van der Waals surface area (Å²) in [6.07, 6.45) is 2.93. The van der Waals surface area contributed by atoms with Crippen molar-refractivity contribution in [3.05, 3.63) is 22.7 Å². The van der Waals surface area contributed by atoms with E-state index < -0.39 is 0 Å². The first kappa shape index (κ1) is 16.6. The molecule has 1 aliphatic heterocycles. The number of hydrogen-bond donors (Lipinski definition) is 1. The Morgan fingerprint density at radius 1 is 1.43 bits per heavy atom. The fraction of sp³-hybridized carbons (Fsp3) is 0.533. The van der Waals surface area contributed by atoms with Crippen molar-refractivity contribution >= 4 is 39.1 Å². The second-order valence-electron chi connectivity index (χ2n) is 4.88. The molecule has 0 atom stereocenters. The van der Waals surface area contributed by atoms with Crippen LogP contribution in [0.5, 0.6) is 5.75 Å². The van der Waals surface area contributed by atoms with Crippen LogP contribution in [0.4, 0.5) is 5.69 Å². The topological polar surface area (TPSA) is 47.6 Å². The van der Waals surface area contributed by atoms with Gasteiger partial charge in [0.15, 0.2) is 0 Å². The van der Waals surface area contributed by atoms with Crippen LogP contribution in [-0.2, 0) is 9.53 Å². The van der Waals surface area contributed by atoms with E-state index in [0.717, 1.165) is 30.5 Å². The van der Waals surface area contributed by atoms with Crippen LogP contribution < -0.4 is 10.1 Å². The molecule has 1 aromatic rings. The molecule has 21 heavy (non-hydrogen) atoms. The Morgan fingerprint density at radius 3 is 2.90 bits per heavy atom. The van der Waals surface area contributed by atoms with Gasteiger partial charge in [-0.15, -0.1) is 11.6 Å². The predicted molar refractivity (Wildman–Crippen MR) is 87.2 cm³/mol. The van der Waals surface area contributed by atoms with Crippen molar-refractivity contribution in [3.63, 3.8) is 0 Å². The zero-order valence-electron chi connectivity index (χ0n) is 11.7. The molecule has 2 rings (SSSR count). The number of alkyl halides is 1. The van der Waals surface area contributed by atoms with E-state index in [1.54, 1.807) is 0 Å². The van der Waals surface area contributed by atoms with Crippen LogP contribution in [-0.4, -0.2) is 31.1 Å². The molecule has 1 aliphatic rings. The first-order valence-electron chi connectivity index (χ1n) is 7.09. The largest absolute Gasteiger partial charge is 0.488 e. The number of carbonyl (C=O) groups excluding carboxylic acids is 1. The van der Waals surface area contributed by atoms with Gasteiger partial charge < -0.3 is 14.8 Å². The van der Waals surface area contributed by atoms with Crippen LogP contribution in [0.1, 0.15) is 25.7 Å². The van der Waals surface area contributed by atoms with Crippen molar-refractivity contribution in [3.8, 4) is 5.75 Å². The molecule has 1 heterocycles. The Labute approximate surface area is 138 Å². The molecule has 1 fully saturated rings. The van der Waals surface area contributed by atoms with Crippen molar-refractivity contribution in [1.82, 2.24) is 0 Å². The Hall–Kier alpha value is -0.780. The molecule has 6 heteroatoms. The number of halogens is 2. The van der Waals surface area contributed by atoms with Crippen LogP contribution in [0.2, 0.25) is 0 Å². The highest BCUT2D eigenvalue weighted by molar-refractivity contribution is 9.10. The summed E-state index contributed by atoms with van der Waals surface area (Å²) < 4.78 is 12.2. The molecule has 0 aliphatic carbocycles. The summed E-state index contributed by atoms with van der Waals surface area (Å²) >= 11 is 9.08. The lowest BCUT2D eigenvalue weighted by Crippen LogP contribution is -2.26. The number of hydrogen-bond acceptors (Lipinski definition) is 3. The number of carbonyl (C=O) groups is 1. The minimum atomic E-state index is -0.0561. The van der Waals surface area contributed by atoms with E-state index in [4.69, 9.17) is 21.1 Å². The van der Waals surface area contributed by atoms with Gasteiger partial charge in [-0.05, 0) is 34.5 Å². The molecule has 0 unspecified atom stereocenters. The second kappa shape index (κ2) is 8.61. The lowest BCUT2D eigenvalue weighted by Gasteiger charge is -2.25. The molecule has 0 aromatic heterocycles. The maximum Gasteiger partial charge on any atom is 0.224 e. The van der Waals surface area contributed by atoms with Gasteiger partial charge in [-0.1, -0.05) is 6.07 Å². The third-order valence-electron chi connectivity index (χ3n) is 3.24. The van der Waals surface area contributed by atoms with E-state index in [9.17, 15) is 4.79 Å². The minimum absolute atomic E-state index is 0.0561. The number of nitrogens with one attached hydrogen (secondary N) is 1. The van der Waals surface area contributed by atoms with Gasteiger partial charge in [0.05, 0.1) is 18.9 Å². The highest BCUT2D eigenvalue weighted by Crippen LogP contribution is 2.34. The third-order valence-corrected chi connectivity index (χ3v) is 4.17. The van der Waals surface area contributed by atoms with Crippen molar-refractivity contribution in [1.29, 1.82) is 0 Å². The summed E-state index contributed by atoms with van der Waals surface area (Å²) in [4.78, 5) is 11.9. The van der Waals surface area contributed by atoms with Crippen LogP contribution in [0.15, 0.2) is 22.7 Å². The molecule has 1 saturated heterocycles. The zero-order chi connectivity index (χ0) is 15.1. The van der Waals surface area contributed by atoms with Crippen LogP contribution >= 0.6 is 27.5 Å². The number of para-hydroxylation sites is 1. The Kier molecular flexibility index (Phi) is 6.80. The summed E-state index contributed by atoms with van der Waals surface area (Å²) in [7, 11) is 0. The number of anilines is 1. The van der Waals surface area contributed by atoms with Crippen molar-refractivity contribution < 1.29 is 14.3 Å². The third kappa shape index (κ3) is 5.16. The average Bonchev–Trinajstić information content (AvgIpc) is 2.50. The molecule has 0 spiro atoms. The van der Waals surface area contributed by atoms with Crippen molar-refractivity contribution in [2.24, 2.45) is 0 Å². The van der Waals surface area contributed by atoms with E-state index in [1.165, 1.54) is 0 Å². The predicted octanol–water partition coefficient (Wildman–Crippen LogP) is 3.96. The number of rotatable bonds is 6. The van der Waals surface area contributed by atoms with Gasteiger partial charge in [0.2, 0.25) is 5.91 Å². The van der Waals surface area contributed by atoms with E-state index >= 15 is 0 Å². The van der Waals surface area contributed by atoms with Gasteiger partial charge in [-0.2, -0.15) is 0 Å². The molecule has 0 bridgehead atoms. The van der Waals surface area contributed by atoms with Crippen LogP contribution in [0, 0.1) is 0 Å². The first-order valence-corrected chi connectivity index (χ1v) is 8.42.